The Morgan fingerprint density at radius 3 is 2.52 bits per heavy atom. The number of hydrogen-bond acceptors (Lipinski definition) is 6. The number of carbonyl (C=O) groups excluding carboxylic acids is 2. The Labute approximate surface area is 247 Å². The summed E-state index contributed by atoms with van der Waals surface area (Å²) < 4.78 is 58.2. The fourth-order valence-corrected chi connectivity index (χ4v) is 10.3. The topological polar surface area (TPSA) is 128 Å². The average molecular weight is 604 g/mol. The monoisotopic (exact) mass is 603 g/mol. The van der Waals surface area contributed by atoms with Gasteiger partial charge in [-0.15, -0.1) is 4.40 Å². The normalized spacial score (nSPS) is 34.5. The zero-order valence-corrected chi connectivity index (χ0v) is 25.9. The van der Waals surface area contributed by atoms with Crippen LogP contribution in [-0.2, 0) is 30.7 Å². The largest absolute Gasteiger partial charge is 0.473 e. The highest BCUT2D eigenvalue weighted by atomic mass is 32.2. The number of halogens is 1. The highest BCUT2D eigenvalue weighted by Crippen LogP contribution is 2.71. The highest BCUT2D eigenvalue weighted by molar-refractivity contribution is 7.91. The smallest absolute Gasteiger partial charge is 0.410 e. The van der Waals surface area contributed by atoms with E-state index in [1.165, 1.54) is 6.07 Å². The SMILES string of the molecule is CC(C)(C)OC(=O)N1CC(c2ccc(C[C@@H]3C(C)(C)OC(CC45CC6CC4CC(C(N)=O)(C6)C5)=NS3(=O)=O)c(F)c2)C1. The number of carbonyl (C=O) groups is 2. The van der Waals surface area contributed by atoms with Gasteiger partial charge in [-0.3, -0.25) is 4.79 Å². The second kappa shape index (κ2) is 9.40. The molecule has 4 bridgehead atoms. The Hall–Kier alpha value is -2.69. The van der Waals surface area contributed by atoms with E-state index < -0.39 is 37.7 Å². The summed E-state index contributed by atoms with van der Waals surface area (Å²) in [5.41, 5.74) is 4.45. The van der Waals surface area contributed by atoms with E-state index in [0.29, 0.717) is 37.8 Å². The van der Waals surface area contributed by atoms with Crippen LogP contribution in [0.5, 0.6) is 0 Å². The number of primary amides is 1. The van der Waals surface area contributed by atoms with Crippen LogP contribution in [0.25, 0.3) is 0 Å². The number of amides is 2. The maximum absolute atomic E-state index is 15.3. The summed E-state index contributed by atoms with van der Waals surface area (Å²) in [5.74, 6) is 0.193. The van der Waals surface area contributed by atoms with Crippen LogP contribution < -0.4 is 5.73 Å². The molecular formula is C31H42FN3O6S. The minimum absolute atomic E-state index is 0.0134. The van der Waals surface area contributed by atoms with Gasteiger partial charge in [0.05, 0.1) is 5.41 Å². The van der Waals surface area contributed by atoms with Gasteiger partial charge in [-0.2, -0.15) is 0 Å². The van der Waals surface area contributed by atoms with Crippen LogP contribution in [0.1, 0.15) is 90.2 Å². The predicted molar refractivity (Wildman–Crippen MR) is 155 cm³/mol. The van der Waals surface area contributed by atoms with E-state index >= 15 is 4.39 Å². The van der Waals surface area contributed by atoms with Crippen molar-refractivity contribution in [1.29, 1.82) is 0 Å². The van der Waals surface area contributed by atoms with Crippen molar-refractivity contribution in [3.63, 3.8) is 0 Å². The van der Waals surface area contributed by atoms with Crippen molar-refractivity contribution >= 4 is 27.9 Å². The average Bonchev–Trinajstić information content (AvgIpc) is 3.15. The molecule has 2 amide bonds. The molecular weight excluding hydrogens is 561 g/mol. The third-order valence-corrected chi connectivity index (χ3v) is 12.4. The first kappa shape index (κ1) is 29.4. The molecule has 42 heavy (non-hydrogen) atoms. The predicted octanol–water partition coefficient (Wildman–Crippen LogP) is 4.68. The molecule has 1 saturated heterocycles. The first-order valence-corrected chi connectivity index (χ1v) is 16.5. The molecule has 4 unspecified atom stereocenters. The molecule has 7 rings (SSSR count). The van der Waals surface area contributed by atoms with Crippen LogP contribution in [-0.4, -0.2) is 60.8 Å². The number of hydrogen-bond donors (Lipinski definition) is 1. The molecule has 230 valence electrons. The zero-order valence-electron chi connectivity index (χ0n) is 25.1. The number of ether oxygens (including phenoxy) is 2. The molecule has 11 heteroatoms. The summed E-state index contributed by atoms with van der Waals surface area (Å²) in [5, 5.41) is -1.06. The second-order valence-electron chi connectivity index (χ2n) is 15.1. The van der Waals surface area contributed by atoms with Crippen molar-refractivity contribution in [2.75, 3.05) is 13.1 Å². The third kappa shape index (κ3) is 4.99. The summed E-state index contributed by atoms with van der Waals surface area (Å²) in [6.07, 6.45) is 4.14. The van der Waals surface area contributed by atoms with E-state index in [-0.39, 0.29) is 41.2 Å². The lowest BCUT2D eigenvalue weighted by Gasteiger charge is -2.41. The van der Waals surface area contributed by atoms with Crippen LogP contribution in [0.15, 0.2) is 22.6 Å². The molecule has 4 saturated carbocycles. The lowest BCUT2D eigenvalue weighted by atomic mass is 9.66. The molecule has 2 aliphatic heterocycles. The van der Waals surface area contributed by atoms with E-state index in [0.717, 1.165) is 31.2 Å². The minimum atomic E-state index is -4.01. The molecule has 5 fully saturated rings. The summed E-state index contributed by atoms with van der Waals surface area (Å²) >= 11 is 0. The first-order chi connectivity index (χ1) is 19.4. The molecule has 1 aromatic carbocycles. The summed E-state index contributed by atoms with van der Waals surface area (Å²) in [4.78, 5) is 26.2. The molecule has 9 nitrogen and oxygen atoms in total. The van der Waals surface area contributed by atoms with E-state index in [9.17, 15) is 18.0 Å². The molecule has 2 N–H and O–H groups in total. The van der Waals surface area contributed by atoms with Crippen LogP contribution >= 0.6 is 0 Å². The number of rotatable bonds is 6. The van der Waals surface area contributed by atoms with Crippen LogP contribution in [0.2, 0.25) is 0 Å². The number of nitrogens with two attached hydrogens (primary N) is 1. The van der Waals surface area contributed by atoms with Crippen molar-refractivity contribution in [2.45, 2.75) is 102 Å². The Morgan fingerprint density at radius 1 is 1.19 bits per heavy atom. The first-order valence-electron chi connectivity index (χ1n) is 15.0. The van der Waals surface area contributed by atoms with Gasteiger partial charge in [0.15, 0.2) is 0 Å². The van der Waals surface area contributed by atoms with Crippen LogP contribution in [0, 0.1) is 28.5 Å². The molecule has 0 radical (unpaired) electrons. The quantitative estimate of drug-likeness (QED) is 0.503. The van der Waals surface area contributed by atoms with Gasteiger partial charge in [-0.05, 0) is 108 Å². The van der Waals surface area contributed by atoms with Gasteiger partial charge < -0.3 is 20.1 Å². The van der Waals surface area contributed by atoms with Crippen molar-refractivity contribution in [2.24, 2.45) is 32.8 Å². The lowest BCUT2D eigenvalue weighted by Crippen LogP contribution is -2.51. The number of benzene rings is 1. The highest BCUT2D eigenvalue weighted by Gasteiger charge is 2.66. The summed E-state index contributed by atoms with van der Waals surface area (Å²) in [6, 6.07) is 4.86. The molecule has 4 aliphatic carbocycles. The fourth-order valence-electron chi connectivity index (χ4n) is 8.66. The second-order valence-corrected chi connectivity index (χ2v) is 16.9. The maximum Gasteiger partial charge on any atom is 0.410 e. The van der Waals surface area contributed by atoms with Gasteiger partial charge in [-0.1, -0.05) is 12.1 Å². The van der Waals surface area contributed by atoms with E-state index in [2.05, 4.69) is 4.40 Å². The standard InChI is InChI=1S/C31H42FN3O6S/c1-28(2,3)41-27(37)35-15-21(16-35)19-6-7-20(23(32)9-19)10-24-29(4,5)40-25(34-42(24,38)39)14-30-11-18-8-22(30)13-31(12-18,17-30)26(33)36/h6-7,9,18,21-22,24H,8,10-17H2,1-5H3,(H2,33,36)/t18?,22?,24-,30?,31?/m1/s1. The van der Waals surface area contributed by atoms with Gasteiger partial charge in [0.1, 0.15) is 22.3 Å². The number of likely N-dealkylation sites (tertiary alicyclic amines) is 1. The Balaban J connectivity index is 1.14. The van der Waals surface area contributed by atoms with Crippen molar-refractivity contribution in [3.8, 4) is 0 Å². The number of sulfonamides is 1. The van der Waals surface area contributed by atoms with Crippen LogP contribution in [0.3, 0.4) is 0 Å². The van der Waals surface area contributed by atoms with Crippen molar-refractivity contribution in [1.82, 2.24) is 4.90 Å². The molecule has 0 aromatic heterocycles. The molecule has 2 heterocycles. The molecule has 1 aromatic rings. The van der Waals surface area contributed by atoms with Gasteiger partial charge in [0.25, 0.3) is 10.0 Å². The number of nitrogens with zero attached hydrogens (tertiary/aromatic N) is 2. The lowest BCUT2D eigenvalue weighted by molar-refractivity contribution is -0.130. The summed E-state index contributed by atoms with van der Waals surface area (Å²) in [7, 11) is -4.01. The van der Waals surface area contributed by atoms with E-state index in [4.69, 9.17) is 15.2 Å². The van der Waals surface area contributed by atoms with Crippen molar-refractivity contribution in [3.05, 3.63) is 35.1 Å². The van der Waals surface area contributed by atoms with Crippen molar-refractivity contribution < 1.29 is 31.9 Å². The Bertz CT molecular complexity index is 1460. The molecule has 6 aliphatic rings. The van der Waals surface area contributed by atoms with E-state index in [1.54, 1.807) is 30.9 Å². The molecule has 5 atom stereocenters. The maximum atomic E-state index is 15.3. The van der Waals surface area contributed by atoms with Gasteiger partial charge in [0.2, 0.25) is 11.8 Å². The van der Waals surface area contributed by atoms with Gasteiger partial charge in [-0.25, -0.2) is 17.6 Å². The van der Waals surface area contributed by atoms with E-state index in [1.807, 2.05) is 20.8 Å². The summed E-state index contributed by atoms with van der Waals surface area (Å²) in [6.45, 7) is 9.74. The van der Waals surface area contributed by atoms with Crippen LogP contribution in [0.4, 0.5) is 9.18 Å². The third-order valence-electron chi connectivity index (χ3n) is 10.4. The zero-order chi connectivity index (χ0) is 30.5. The minimum Gasteiger partial charge on any atom is -0.473 e. The van der Waals surface area contributed by atoms with Gasteiger partial charge in [0, 0.05) is 25.4 Å². The Morgan fingerprint density at radius 2 is 1.90 bits per heavy atom. The molecule has 0 spiro atoms. The Kier molecular flexibility index (Phi) is 6.58. The van der Waals surface area contributed by atoms with Gasteiger partial charge >= 0.3 is 6.09 Å². The fraction of sp³-hybridized carbons (Fsp3) is 0.710.